The molecule has 1 N–H and O–H groups in total. The normalized spacial score (nSPS) is 17.1. The highest BCUT2D eigenvalue weighted by atomic mass is 35.5. The highest BCUT2D eigenvalue weighted by molar-refractivity contribution is 6.32. The lowest BCUT2D eigenvalue weighted by atomic mass is 9.94. The third-order valence-corrected chi connectivity index (χ3v) is 7.12. The van der Waals surface area contributed by atoms with Crippen LogP contribution in [0.3, 0.4) is 0 Å². The number of rotatable bonds is 5. The van der Waals surface area contributed by atoms with Gasteiger partial charge in [-0.1, -0.05) is 11.6 Å². The van der Waals surface area contributed by atoms with Gasteiger partial charge in [-0.05, 0) is 55.8 Å². The average Bonchev–Trinajstić information content (AvgIpc) is 3.48. The Morgan fingerprint density at radius 2 is 2.03 bits per heavy atom. The number of benzene rings is 1. The topological polar surface area (TPSA) is 91.2 Å². The van der Waals surface area contributed by atoms with Crippen molar-refractivity contribution in [3.05, 3.63) is 86.7 Å². The number of hydrogen-bond acceptors (Lipinski definition) is 5. The van der Waals surface area contributed by atoms with Gasteiger partial charge in [-0.15, -0.1) is 0 Å². The van der Waals surface area contributed by atoms with E-state index in [0.29, 0.717) is 57.9 Å². The molecule has 1 aromatic carbocycles. The van der Waals surface area contributed by atoms with Gasteiger partial charge in [-0.25, -0.2) is 18.7 Å². The van der Waals surface area contributed by atoms with Gasteiger partial charge in [-0.2, -0.15) is 5.10 Å². The largest absolute Gasteiger partial charge is 0.344 e. The molecule has 1 saturated heterocycles. The van der Waals surface area contributed by atoms with Crippen LogP contribution in [0.1, 0.15) is 22.5 Å². The van der Waals surface area contributed by atoms with Gasteiger partial charge in [0.15, 0.2) is 0 Å². The zero-order valence-corrected chi connectivity index (χ0v) is 20.5. The number of halogens is 2. The fourth-order valence-electron chi connectivity index (χ4n) is 5.09. The summed E-state index contributed by atoms with van der Waals surface area (Å²) in [5.74, 6) is 0. The molecule has 1 aliphatic heterocycles. The standard InChI is InChI=1S/C26H25ClFN7O2/c1-32-8-3-22(36)34(25(32)37)13-17-10-21-23(30-16-31-35(21)14-17)20-12-19(27)11-18-2-9-33(24(18)20)15-26(28)4-6-29-7-5-26/h2-3,8-12,14,16,29H,4-7,13,15H2,1H3/i1D3. The van der Waals surface area contributed by atoms with Crippen LogP contribution in [0.2, 0.25) is 5.02 Å². The van der Waals surface area contributed by atoms with Gasteiger partial charge < -0.3 is 14.5 Å². The number of nitrogens with zero attached hydrogens (tertiary/aromatic N) is 6. The summed E-state index contributed by atoms with van der Waals surface area (Å²) in [6.07, 6.45) is 6.68. The van der Waals surface area contributed by atoms with E-state index in [4.69, 9.17) is 15.7 Å². The van der Waals surface area contributed by atoms with Crippen molar-refractivity contribution < 1.29 is 8.50 Å². The van der Waals surface area contributed by atoms with Gasteiger partial charge in [0.05, 0.1) is 29.8 Å². The maximum absolute atomic E-state index is 15.7. The molecule has 5 heterocycles. The Balaban J connectivity index is 1.46. The number of fused-ring (bicyclic) bond motifs is 2. The summed E-state index contributed by atoms with van der Waals surface area (Å²) in [4.78, 5) is 29.8. The van der Waals surface area contributed by atoms with Crippen LogP contribution in [0.25, 0.3) is 27.7 Å². The second-order valence-electron chi connectivity index (χ2n) is 9.42. The molecule has 0 saturated carbocycles. The van der Waals surface area contributed by atoms with Crippen LogP contribution < -0.4 is 16.6 Å². The van der Waals surface area contributed by atoms with Crippen molar-refractivity contribution in [2.24, 2.45) is 6.98 Å². The Bertz CT molecular complexity index is 1870. The zero-order valence-electron chi connectivity index (χ0n) is 22.7. The first-order valence-corrected chi connectivity index (χ1v) is 12.2. The molecule has 0 aliphatic carbocycles. The van der Waals surface area contributed by atoms with E-state index in [9.17, 15) is 9.59 Å². The van der Waals surface area contributed by atoms with Crippen LogP contribution >= 0.6 is 11.6 Å². The van der Waals surface area contributed by atoms with Crippen molar-refractivity contribution in [1.82, 2.24) is 33.6 Å². The highest BCUT2D eigenvalue weighted by Crippen LogP contribution is 2.36. The van der Waals surface area contributed by atoms with Gasteiger partial charge in [0.25, 0.3) is 5.56 Å². The number of aromatic nitrogens is 6. The molecule has 0 atom stereocenters. The number of nitrogens with one attached hydrogen (secondary N) is 1. The van der Waals surface area contributed by atoms with Gasteiger partial charge in [0.1, 0.15) is 12.0 Å². The van der Waals surface area contributed by atoms with Gasteiger partial charge >= 0.3 is 5.69 Å². The molecular formula is C26H25ClFN7O2. The summed E-state index contributed by atoms with van der Waals surface area (Å²) in [6.45, 7) is -1.47. The van der Waals surface area contributed by atoms with Crippen molar-refractivity contribution in [3.63, 3.8) is 0 Å². The lowest BCUT2D eigenvalue weighted by Crippen LogP contribution is -2.41. The molecule has 5 aromatic rings. The molecule has 4 aromatic heterocycles. The molecule has 0 amide bonds. The molecule has 0 unspecified atom stereocenters. The summed E-state index contributed by atoms with van der Waals surface area (Å²) in [5.41, 5.74) is 0.197. The predicted molar refractivity (Wildman–Crippen MR) is 140 cm³/mol. The van der Waals surface area contributed by atoms with Crippen molar-refractivity contribution >= 4 is 28.0 Å². The number of alkyl halides is 1. The van der Waals surface area contributed by atoms with Crippen molar-refractivity contribution in [1.29, 1.82) is 0 Å². The molecule has 0 radical (unpaired) electrons. The van der Waals surface area contributed by atoms with Crippen LogP contribution in [0.15, 0.2) is 64.8 Å². The Kier molecular flexibility index (Phi) is 4.92. The van der Waals surface area contributed by atoms with Crippen LogP contribution in [-0.4, -0.2) is 47.1 Å². The minimum Gasteiger partial charge on any atom is -0.344 e. The summed E-state index contributed by atoms with van der Waals surface area (Å²) in [5, 5.41) is 8.81. The van der Waals surface area contributed by atoms with Crippen molar-refractivity contribution in [2.75, 3.05) is 13.1 Å². The van der Waals surface area contributed by atoms with E-state index in [1.165, 1.54) is 6.33 Å². The minimum atomic E-state index is -2.73. The van der Waals surface area contributed by atoms with E-state index >= 15 is 4.39 Å². The third kappa shape index (κ3) is 4.25. The van der Waals surface area contributed by atoms with Crippen LogP contribution in [0, 0.1) is 0 Å². The van der Waals surface area contributed by atoms with Crippen LogP contribution in [-0.2, 0) is 20.1 Å². The van der Waals surface area contributed by atoms with Crippen molar-refractivity contribution in [2.45, 2.75) is 31.6 Å². The zero-order chi connectivity index (χ0) is 28.2. The molecule has 1 aliphatic rings. The van der Waals surface area contributed by atoms with E-state index in [1.807, 2.05) is 22.9 Å². The van der Waals surface area contributed by atoms with E-state index < -0.39 is 23.9 Å². The fraction of sp³-hybridized carbons (Fsp3) is 0.308. The van der Waals surface area contributed by atoms with E-state index in [2.05, 4.69) is 15.4 Å². The number of piperidine rings is 1. The van der Waals surface area contributed by atoms with Crippen LogP contribution in [0.4, 0.5) is 4.39 Å². The Morgan fingerprint density at radius 1 is 1.19 bits per heavy atom. The number of aryl methyl sites for hydroxylation is 1. The quantitative estimate of drug-likeness (QED) is 0.382. The Hall–Kier alpha value is -3.76. The second kappa shape index (κ2) is 8.97. The first kappa shape index (κ1) is 20.3. The predicted octanol–water partition coefficient (Wildman–Crippen LogP) is 3.00. The molecule has 37 heavy (non-hydrogen) atoms. The van der Waals surface area contributed by atoms with Gasteiger partial charge in [0.2, 0.25) is 0 Å². The fourth-order valence-corrected chi connectivity index (χ4v) is 5.31. The second-order valence-corrected chi connectivity index (χ2v) is 9.85. The molecule has 1 fully saturated rings. The molecule has 0 bridgehead atoms. The lowest BCUT2D eigenvalue weighted by Gasteiger charge is -2.30. The van der Waals surface area contributed by atoms with Crippen molar-refractivity contribution in [3.8, 4) is 11.3 Å². The average molecular weight is 525 g/mol. The molecule has 11 heteroatoms. The summed E-state index contributed by atoms with van der Waals surface area (Å²) < 4.78 is 43.3. The van der Waals surface area contributed by atoms with Gasteiger partial charge in [0, 0.05) is 51.7 Å². The smallest absolute Gasteiger partial charge is 0.331 e. The Morgan fingerprint density at radius 3 is 2.84 bits per heavy atom. The van der Waals surface area contributed by atoms with E-state index in [0.717, 1.165) is 27.7 Å². The molecular weight excluding hydrogens is 497 g/mol. The highest BCUT2D eigenvalue weighted by Gasteiger charge is 2.32. The summed E-state index contributed by atoms with van der Waals surface area (Å²) >= 11 is 6.49. The lowest BCUT2D eigenvalue weighted by molar-refractivity contribution is 0.0955. The first-order chi connectivity index (χ1) is 19.0. The number of hydrogen-bond donors (Lipinski definition) is 1. The monoisotopic (exact) mass is 524 g/mol. The summed E-state index contributed by atoms with van der Waals surface area (Å²) in [7, 11) is 0. The Labute approximate surface area is 220 Å². The first-order valence-electron chi connectivity index (χ1n) is 13.4. The van der Waals surface area contributed by atoms with Crippen LogP contribution in [0.5, 0.6) is 0 Å². The minimum absolute atomic E-state index is 0.170. The summed E-state index contributed by atoms with van der Waals surface area (Å²) in [6, 6.07) is 8.28. The maximum Gasteiger partial charge on any atom is 0.331 e. The van der Waals surface area contributed by atoms with Gasteiger partial charge in [-0.3, -0.25) is 9.36 Å². The molecule has 9 nitrogen and oxygen atoms in total. The molecule has 0 spiro atoms. The van der Waals surface area contributed by atoms with E-state index in [1.54, 1.807) is 22.8 Å². The molecule has 190 valence electrons. The SMILES string of the molecule is [2H]C([2H])([2H])n1ccc(=O)n(Cc2cc3c(-c4cc(Cl)cc5ccn(CC6(F)CCNCC6)c45)ncnn3c2)c1=O. The maximum atomic E-state index is 15.7. The molecule has 6 rings (SSSR count). The van der Waals surface area contributed by atoms with E-state index in [-0.39, 0.29) is 13.1 Å². The third-order valence-electron chi connectivity index (χ3n) is 6.91.